The van der Waals surface area contributed by atoms with E-state index in [4.69, 9.17) is 14.4 Å². The highest BCUT2D eigenvalue weighted by molar-refractivity contribution is 6.15. The van der Waals surface area contributed by atoms with Crippen LogP contribution in [0.15, 0.2) is 178 Å². The second-order valence-corrected chi connectivity index (χ2v) is 11.9. The zero-order valence-electron chi connectivity index (χ0n) is 25.5. The summed E-state index contributed by atoms with van der Waals surface area (Å²) in [6.45, 7) is 0. The van der Waals surface area contributed by atoms with Crippen molar-refractivity contribution in [2.45, 2.75) is 6.17 Å². The van der Waals surface area contributed by atoms with Crippen molar-refractivity contribution < 1.29 is 4.42 Å². The number of rotatable bonds is 5. The Balaban J connectivity index is 1.12. The molecule has 1 aliphatic heterocycles. The van der Waals surface area contributed by atoms with Gasteiger partial charge in [-0.3, -0.25) is 0 Å². The van der Waals surface area contributed by atoms with E-state index in [0.717, 1.165) is 61.2 Å². The topological polar surface area (TPSA) is 49.9 Å². The standard InChI is InChI=1S/C43H29N3O/c1-3-12-29(13-4-1)41-44-42(30-14-5-2-6-15-30)46-43(45-41)35-18-9-17-34(26-35)36-19-10-20-38-40(36)37-24-23-33(27-39(37)47-38)32-22-21-28-11-7-8-16-31(28)25-32/h1-27,41H,(H,44,45,46). The minimum atomic E-state index is -0.249. The molecule has 222 valence electrons. The molecule has 9 rings (SSSR count). The minimum Gasteiger partial charge on any atom is -0.456 e. The van der Waals surface area contributed by atoms with Crippen LogP contribution in [0.25, 0.3) is 55.0 Å². The van der Waals surface area contributed by atoms with Gasteiger partial charge >= 0.3 is 0 Å². The van der Waals surface area contributed by atoms with Crippen LogP contribution in [-0.4, -0.2) is 11.7 Å². The fourth-order valence-corrected chi connectivity index (χ4v) is 6.57. The lowest BCUT2D eigenvalue weighted by atomic mass is 9.96. The van der Waals surface area contributed by atoms with E-state index in [0.29, 0.717) is 5.84 Å². The molecule has 47 heavy (non-hydrogen) atoms. The summed E-state index contributed by atoms with van der Waals surface area (Å²) in [5, 5.41) is 8.28. The molecule has 2 heterocycles. The summed E-state index contributed by atoms with van der Waals surface area (Å²) in [4.78, 5) is 10.0. The molecule has 0 spiro atoms. The van der Waals surface area contributed by atoms with Crippen LogP contribution in [0.5, 0.6) is 0 Å². The molecule has 1 aromatic heterocycles. The molecular formula is C43H29N3O. The van der Waals surface area contributed by atoms with E-state index in [1.54, 1.807) is 0 Å². The van der Waals surface area contributed by atoms with E-state index < -0.39 is 0 Å². The second-order valence-electron chi connectivity index (χ2n) is 11.9. The summed E-state index contributed by atoms with van der Waals surface area (Å²) in [7, 11) is 0. The summed E-state index contributed by atoms with van der Waals surface area (Å²) < 4.78 is 6.49. The molecule has 7 aromatic carbocycles. The molecule has 1 atom stereocenters. The molecule has 1 N–H and O–H groups in total. The van der Waals surface area contributed by atoms with Crippen LogP contribution in [0.1, 0.15) is 22.9 Å². The van der Waals surface area contributed by atoms with Gasteiger partial charge in [-0.15, -0.1) is 0 Å². The Morgan fingerprint density at radius 2 is 1.19 bits per heavy atom. The average Bonchev–Trinajstić information content (AvgIpc) is 3.53. The third kappa shape index (κ3) is 4.97. The summed E-state index contributed by atoms with van der Waals surface area (Å²) in [5.41, 5.74) is 9.34. The third-order valence-corrected chi connectivity index (χ3v) is 8.92. The summed E-state index contributed by atoms with van der Waals surface area (Å²) in [6.07, 6.45) is -0.249. The zero-order chi connectivity index (χ0) is 31.2. The molecule has 0 radical (unpaired) electrons. The van der Waals surface area contributed by atoms with Crippen molar-refractivity contribution >= 4 is 44.4 Å². The van der Waals surface area contributed by atoms with E-state index in [1.165, 1.54) is 16.3 Å². The smallest absolute Gasteiger partial charge is 0.159 e. The second kappa shape index (κ2) is 11.3. The summed E-state index contributed by atoms with van der Waals surface area (Å²) in [5.74, 6) is 1.50. The van der Waals surface area contributed by atoms with Gasteiger partial charge in [-0.1, -0.05) is 133 Å². The van der Waals surface area contributed by atoms with Crippen LogP contribution in [0, 0.1) is 0 Å². The van der Waals surface area contributed by atoms with Crippen molar-refractivity contribution in [3.63, 3.8) is 0 Å². The van der Waals surface area contributed by atoms with E-state index in [-0.39, 0.29) is 6.17 Å². The highest BCUT2D eigenvalue weighted by atomic mass is 16.3. The maximum absolute atomic E-state index is 6.49. The fourth-order valence-electron chi connectivity index (χ4n) is 6.57. The largest absolute Gasteiger partial charge is 0.456 e. The number of hydrogen-bond donors (Lipinski definition) is 1. The SMILES string of the molecule is c1ccc(C2=NC(c3ccccc3)NC(c3cccc(-c4cccc5oc6cc(-c7ccc8ccccc8c7)ccc6c45)c3)=N2)cc1. The van der Waals surface area contributed by atoms with Gasteiger partial charge in [-0.05, 0) is 68.9 Å². The Hall–Kier alpha value is -6.26. The van der Waals surface area contributed by atoms with Gasteiger partial charge in [0.25, 0.3) is 0 Å². The predicted molar refractivity (Wildman–Crippen MR) is 194 cm³/mol. The molecule has 1 unspecified atom stereocenters. The highest BCUT2D eigenvalue weighted by Gasteiger charge is 2.21. The van der Waals surface area contributed by atoms with Gasteiger partial charge in [0.15, 0.2) is 5.84 Å². The van der Waals surface area contributed by atoms with Crippen molar-refractivity contribution in [1.82, 2.24) is 5.32 Å². The van der Waals surface area contributed by atoms with E-state index >= 15 is 0 Å². The Morgan fingerprint density at radius 1 is 0.489 bits per heavy atom. The van der Waals surface area contributed by atoms with Crippen molar-refractivity contribution in [3.8, 4) is 22.3 Å². The Morgan fingerprint density at radius 3 is 2.06 bits per heavy atom. The molecule has 1 aliphatic rings. The van der Waals surface area contributed by atoms with Crippen LogP contribution in [0.3, 0.4) is 0 Å². The number of hydrogen-bond acceptors (Lipinski definition) is 4. The number of fused-ring (bicyclic) bond motifs is 4. The van der Waals surface area contributed by atoms with Crippen molar-refractivity contribution in [2.24, 2.45) is 9.98 Å². The third-order valence-electron chi connectivity index (χ3n) is 8.92. The van der Waals surface area contributed by atoms with Crippen LogP contribution in [0.2, 0.25) is 0 Å². The van der Waals surface area contributed by atoms with Gasteiger partial charge in [0.2, 0.25) is 0 Å². The number of nitrogens with zero attached hydrogens (tertiary/aromatic N) is 2. The molecule has 0 amide bonds. The van der Waals surface area contributed by atoms with Crippen LogP contribution in [-0.2, 0) is 0 Å². The summed E-state index contributed by atoms with van der Waals surface area (Å²) >= 11 is 0. The van der Waals surface area contributed by atoms with Crippen LogP contribution in [0.4, 0.5) is 0 Å². The van der Waals surface area contributed by atoms with E-state index in [1.807, 2.05) is 36.4 Å². The normalized spacial score (nSPS) is 14.6. The maximum atomic E-state index is 6.49. The molecule has 0 bridgehead atoms. The van der Waals surface area contributed by atoms with Crippen molar-refractivity contribution in [3.05, 3.63) is 180 Å². The predicted octanol–water partition coefficient (Wildman–Crippen LogP) is 10.6. The highest BCUT2D eigenvalue weighted by Crippen LogP contribution is 2.39. The monoisotopic (exact) mass is 603 g/mol. The van der Waals surface area contributed by atoms with Gasteiger partial charge in [0, 0.05) is 21.9 Å². The number of nitrogens with one attached hydrogen (secondary N) is 1. The molecular weight excluding hydrogens is 574 g/mol. The molecule has 0 saturated heterocycles. The molecule has 4 nitrogen and oxygen atoms in total. The number of furan rings is 1. The van der Waals surface area contributed by atoms with Gasteiger partial charge in [0.1, 0.15) is 23.2 Å². The quantitative estimate of drug-likeness (QED) is 0.213. The molecule has 4 heteroatoms. The van der Waals surface area contributed by atoms with Gasteiger partial charge in [0.05, 0.1) is 0 Å². The Kier molecular flexibility index (Phi) is 6.50. The Labute approximate surface area is 272 Å². The lowest BCUT2D eigenvalue weighted by Gasteiger charge is -2.24. The van der Waals surface area contributed by atoms with E-state index in [9.17, 15) is 0 Å². The van der Waals surface area contributed by atoms with Crippen molar-refractivity contribution in [2.75, 3.05) is 0 Å². The first kappa shape index (κ1) is 27.1. The molecule has 0 aliphatic carbocycles. The van der Waals surface area contributed by atoms with Gasteiger partial charge in [-0.2, -0.15) is 0 Å². The average molecular weight is 604 g/mol. The minimum absolute atomic E-state index is 0.249. The first-order chi connectivity index (χ1) is 23.3. The van der Waals surface area contributed by atoms with Crippen LogP contribution >= 0.6 is 0 Å². The first-order valence-electron chi connectivity index (χ1n) is 15.9. The Bertz CT molecular complexity index is 2490. The number of benzene rings is 7. The lowest BCUT2D eigenvalue weighted by molar-refractivity contribution is 0.669. The van der Waals surface area contributed by atoms with Gasteiger partial charge < -0.3 is 9.73 Å². The van der Waals surface area contributed by atoms with Crippen LogP contribution < -0.4 is 5.32 Å². The summed E-state index contributed by atoms with van der Waals surface area (Å²) in [6, 6.07) is 57.0. The zero-order valence-corrected chi connectivity index (χ0v) is 25.5. The lowest BCUT2D eigenvalue weighted by Crippen LogP contribution is -2.33. The molecule has 0 saturated carbocycles. The van der Waals surface area contributed by atoms with Crippen molar-refractivity contribution in [1.29, 1.82) is 0 Å². The molecule has 0 fully saturated rings. The molecule has 8 aromatic rings. The maximum Gasteiger partial charge on any atom is 0.159 e. The van der Waals surface area contributed by atoms with Gasteiger partial charge in [-0.25, -0.2) is 9.98 Å². The van der Waals surface area contributed by atoms with E-state index in [2.05, 4.69) is 133 Å². The number of amidine groups is 2. The fraction of sp³-hybridized carbons (Fsp3) is 0.0233. The first-order valence-corrected chi connectivity index (χ1v) is 15.9. The number of aliphatic imine (C=N–C) groups is 2.